The van der Waals surface area contributed by atoms with Crippen molar-refractivity contribution in [1.29, 1.82) is 0 Å². The van der Waals surface area contributed by atoms with Crippen LogP contribution in [0.5, 0.6) is 5.75 Å². The molecule has 32 heavy (non-hydrogen) atoms. The van der Waals surface area contributed by atoms with Crippen molar-refractivity contribution in [3.05, 3.63) is 63.1 Å². The Morgan fingerprint density at radius 2 is 2.03 bits per heavy atom. The average molecular weight is 478 g/mol. The number of halogens is 2. The first-order chi connectivity index (χ1) is 15.2. The van der Waals surface area contributed by atoms with Crippen LogP contribution in [0.1, 0.15) is 43.0 Å². The van der Waals surface area contributed by atoms with Crippen molar-refractivity contribution in [2.75, 3.05) is 27.2 Å². The summed E-state index contributed by atoms with van der Waals surface area (Å²) in [4.78, 5) is 17.9. The van der Waals surface area contributed by atoms with E-state index in [0.29, 0.717) is 28.3 Å². The summed E-state index contributed by atoms with van der Waals surface area (Å²) in [5, 5.41) is 3.91. The van der Waals surface area contributed by atoms with Gasteiger partial charge in [-0.05, 0) is 57.0 Å². The molecule has 174 valence electrons. The van der Waals surface area contributed by atoms with Crippen molar-refractivity contribution < 1.29 is 9.53 Å². The Kier molecular flexibility index (Phi) is 8.32. The molecule has 0 aromatic heterocycles. The fourth-order valence-electron chi connectivity index (χ4n) is 4.54. The minimum Gasteiger partial charge on any atom is -0.495 e. The zero-order chi connectivity index (χ0) is 23.4. The van der Waals surface area contributed by atoms with Crippen molar-refractivity contribution in [2.24, 2.45) is 5.92 Å². The number of hydrogen-bond donors (Lipinski definition) is 1. The molecule has 0 bridgehead atoms. The lowest BCUT2D eigenvalue weighted by Crippen LogP contribution is -2.53. The van der Waals surface area contributed by atoms with Crippen molar-refractivity contribution in [1.82, 2.24) is 15.1 Å². The molecule has 0 aliphatic carbocycles. The van der Waals surface area contributed by atoms with Gasteiger partial charge in [0.25, 0.3) is 0 Å². The summed E-state index contributed by atoms with van der Waals surface area (Å²) in [6.45, 7) is 8.73. The molecule has 1 N–H and O–H groups in total. The third-order valence-electron chi connectivity index (χ3n) is 6.26. The minimum absolute atomic E-state index is 0.0941. The van der Waals surface area contributed by atoms with E-state index < -0.39 is 0 Å². The number of nitrogens with one attached hydrogen (secondary N) is 1. The monoisotopic (exact) mass is 477 g/mol. The van der Waals surface area contributed by atoms with Crippen LogP contribution in [0.3, 0.4) is 0 Å². The highest BCUT2D eigenvalue weighted by Crippen LogP contribution is 2.37. The molecule has 7 heteroatoms. The van der Waals surface area contributed by atoms with Gasteiger partial charge >= 0.3 is 6.03 Å². The zero-order valence-corrected chi connectivity index (χ0v) is 21.0. The van der Waals surface area contributed by atoms with Crippen LogP contribution in [0.4, 0.5) is 4.79 Å². The normalized spacial score (nSPS) is 20.0. The standard InChI is InChI=1S/C25H33Cl2N3O2/c1-16-7-6-8-19(13-16)15-30(21-11-12-29(4)14-17(21)2)25(31)28-18(3)20-9-10-22(32-5)24(27)23(20)26/h6-10,13,17-18,21H,11-12,14-15H2,1-5H3,(H,28,31)/t17?,18-,21?/m0/s1. The quantitative estimate of drug-likeness (QED) is 0.560. The smallest absolute Gasteiger partial charge is 0.318 e. The highest BCUT2D eigenvalue weighted by atomic mass is 35.5. The van der Waals surface area contributed by atoms with Gasteiger partial charge in [-0.15, -0.1) is 0 Å². The lowest BCUT2D eigenvalue weighted by atomic mass is 9.92. The molecule has 2 aromatic carbocycles. The highest BCUT2D eigenvalue weighted by Gasteiger charge is 2.33. The van der Waals surface area contributed by atoms with E-state index in [1.165, 1.54) is 5.56 Å². The van der Waals surface area contributed by atoms with Gasteiger partial charge in [-0.25, -0.2) is 4.79 Å². The number of aryl methyl sites for hydroxylation is 1. The number of carbonyl (C=O) groups excluding carboxylic acids is 1. The Bertz CT molecular complexity index is 953. The molecular formula is C25H33Cl2N3O2. The number of likely N-dealkylation sites (tertiary alicyclic amines) is 1. The predicted octanol–water partition coefficient (Wildman–Crippen LogP) is 5.92. The Labute approximate surface area is 201 Å². The Hall–Kier alpha value is -1.95. The molecule has 5 nitrogen and oxygen atoms in total. The number of amides is 2. The van der Waals surface area contributed by atoms with E-state index in [9.17, 15) is 4.79 Å². The van der Waals surface area contributed by atoms with Gasteiger partial charge in [0.05, 0.1) is 18.2 Å². The third-order valence-corrected chi connectivity index (χ3v) is 7.14. The first-order valence-electron chi connectivity index (χ1n) is 11.0. The fraction of sp³-hybridized carbons (Fsp3) is 0.480. The molecule has 0 saturated carbocycles. The Morgan fingerprint density at radius 1 is 1.28 bits per heavy atom. The number of hydrogen-bond acceptors (Lipinski definition) is 3. The van der Waals surface area contributed by atoms with Crippen molar-refractivity contribution >= 4 is 29.2 Å². The SMILES string of the molecule is COc1ccc([C@H](C)NC(=O)N(Cc2cccc(C)c2)C2CCN(C)CC2C)c(Cl)c1Cl. The fourth-order valence-corrected chi connectivity index (χ4v) is 5.11. The molecule has 0 radical (unpaired) electrons. The largest absolute Gasteiger partial charge is 0.495 e. The topological polar surface area (TPSA) is 44.8 Å². The van der Waals surface area contributed by atoms with E-state index >= 15 is 0 Å². The molecule has 2 unspecified atom stereocenters. The molecule has 0 spiro atoms. The van der Waals surface area contributed by atoms with Gasteiger partial charge in [0.1, 0.15) is 10.8 Å². The van der Waals surface area contributed by atoms with Gasteiger partial charge in [0.2, 0.25) is 0 Å². The number of ether oxygens (including phenoxy) is 1. The molecule has 3 atom stereocenters. The summed E-state index contributed by atoms with van der Waals surface area (Å²) in [6.07, 6.45) is 0.945. The van der Waals surface area contributed by atoms with E-state index in [0.717, 1.165) is 30.6 Å². The Balaban J connectivity index is 1.84. The van der Waals surface area contributed by atoms with Crippen LogP contribution in [0.25, 0.3) is 0 Å². The van der Waals surface area contributed by atoms with Crippen LogP contribution in [0.2, 0.25) is 10.0 Å². The maximum Gasteiger partial charge on any atom is 0.318 e. The second-order valence-electron chi connectivity index (χ2n) is 8.87. The number of piperidine rings is 1. The van der Waals surface area contributed by atoms with Crippen LogP contribution in [-0.4, -0.2) is 49.1 Å². The summed E-state index contributed by atoms with van der Waals surface area (Å²) >= 11 is 12.8. The lowest BCUT2D eigenvalue weighted by Gasteiger charge is -2.42. The molecule has 1 aliphatic rings. The number of benzene rings is 2. The maximum absolute atomic E-state index is 13.6. The van der Waals surface area contributed by atoms with Crippen LogP contribution >= 0.6 is 23.2 Å². The van der Waals surface area contributed by atoms with Crippen molar-refractivity contribution in [2.45, 2.75) is 45.8 Å². The molecule has 1 fully saturated rings. The van der Waals surface area contributed by atoms with Crippen LogP contribution in [0, 0.1) is 12.8 Å². The molecule has 1 heterocycles. The molecule has 1 aliphatic heterocycles. The first kappa shape index (κ1) is 24.7. The van der Waals surface area contributed by atoms with E-state index in [1.54, 1.807) is 13.2 Å². The second-order valence-corrected chi connectivity index (χ2v) is 9.62. The first-order valence-corrected chi connectivity index (χ1v) is 11.8. The maximum atomic E-state index is 13.6. The number of carbonyl (C=O) groups is 1. The number of nitrogens with zero attached hydrogens (tertiary/aromatic N) is 2. The van der Waals surface area contributed by atoms with Crippen LogP contribution in [-0.2, 0) is 6.54 Å². The third kappa shape index (κ3) is 5.69. The van der Waals surface area contributed by atoms with E-state index in [4.69, 9.17) is 27.9 Å². The van der Waals surface area contributed by atoms with E-state index in [-0.39, 0.29) is 18.1 Å². The van der Waals surface area contributed by atoms with Gasteiger partial charge in [-0.3, -0.25) is 0 Å². The lowest BCUT2D eigenvalue weighted by molar-refractivity contribution is 0.0874. The van der Waals surface area contributed by atoms with Gasteiger partial charge in [0, 0.05) is 19.1 Å². The zero-order valence-electron chi connectivity index (χ0n) is 19.5. The molecule has 3 rings (SSSR count). The van der Waals surface area contributed by atoms with Gasteiger partial charge in [-0.2, -0.15) is 0 Å². The summed E-state index contributed by atoms with van der Waals surface area (Å²) in [7, 11) is 3.68. The van der Waals surface area contributed by atoms with Crippen molar-refractivity contribution in [3.63, 3.8) is 0 Å². The minimum atomic E-state index is -0.306. The van der Waals surface area contributed by atoms with E-state index in [2.05, 4.69) is 49.3 Å². The molecular weight excluding hydrogens is 445 g/mol. The number of methoxy groups -OCH3 is 1. The number of rotatable bonds is 6. The average Bonchev–Trinajstić information content (AvgIpc) is 2.74. The van der Waals surface area contributed by atoms with Crippen LogP contribution < -0.4 is 10.1 Å². The molecule has 1 saturated heterocycles. The molecule has 2 amide bonds. The van der Waals surface area contributed by atoms with E-state index in [1.807, 2.05) is 24.0 Å². The second kappa shape index (κ2) is 10.8. The van der Waals surface area contributed by atoms with Gasteiger partial charge < -0.3 is 19.9 Å². The summed E-state index contributed by atoms with van der Waals surface area (Å²) in [5.74, 6) is 0.888. The highest BCUT2D eigenvalue weighted by molar-refractivity contribution is 6.43. The number of urea groups is 1. The molecule has 2 aromatic rings. The summed E-state index contributed by atoms with van der Waals surface area (Å²) in [6, 6.07) is 11.7. The summed E-state index contributed by atoms with van der Waals surface area (Å²) < 4.78 is 5.24. The summed E-state index contributed by atoms with van der Waals surface area (Å²) in [5.41, 5.74) is 3.08. The Morgan fingerprint density at radius 3 is 2.69 bits per heavy atom. The van der Waals surface area contributed by atoms with Crippen LogP contribution in [0.15, 0.2) is 36.4 Å². The van der Waals surface area contributed by atoms with Gasteiger partial charge in [-0.1, -0.05) is 66.0 Å². The van der Waals surface area contributed by atoms with Gasteiger partial charge in [0.15, 0.2) is 0 Å². The predicted molar refractivity (Wildman–Crippen MR) is 132 cm³/mol. The van der Waals surface area contributed by atoms with Crippen molar-refractivity contribution in [3.8, 4) is 5.75 Å².